The van der Waals surface area contributed by atoms with Crippen LogP contribution in [0, 0.1) is 16.2 Å². The first kappa shape index (κ1) is 13.4. The molecular weight excluding hydrogens is 254 g/mol. The first-order valence-electron chi connectivity index (χ1n) is 8.36. The first-order valence-corrected chi connectivity index (χ1v) is 8.36. The Morgan fingerprint density at radius 3 is 2.52 bits per heavy atom. The van der Waals surface area contributed by atoms with Crippen LogP contribution >= 0.6 is 0 Å². The van der Waals surface area contributed by atoms with Crippen LogP contribution in [0.25, 0.3) is 0 Å². The molecule has 0 amide bonds. The maximum absolute atomic E-state index is 3.90. The van der Waals surface area contributed by atoms with Crippen molar-refractivity contribution < 1.29 is 0 Å². The molecule has 1 aromatic rings. The summed E-state index contributed by atoms with van der Waals surface area (Å²) in [5.74, 6) is 0.668. The topological polar surface area (TPSA) is 12.0 Å². The number of hydrogen-bond acceptors (Lipinski definition) is 1. The Hall–Kier alpha value is -1.24. The summed E-state index contributed by atoms with van der Waals surface area (Å²) in [5, 5.41) is 3.90. The molecule has 1 heterocycles. The standard InChI is InChI=1S/C20H27N/c1-18(2)11-10-14-13-8-6-7-9-15(13)21-17-19(3,4)12-16(18)20(14,17)5/h6-9,12,14,17,21H,10-11H2,1-5H3/t14-,17+,20+/m1/s1. The van der Waals surface area contributed by atoms with Crippen LogP contribution in [-0.2, 0) is 0 Å². The highest BCUT2D eigenvalue weighted by molar-refractivity contribution is 5.62. The molecule has 1 aromatic carbocycles. The van der Waals surface area contributed by atoms with Crippen molar-refractivity contribution in [2.75, 3.05) is 5.32 Å². The van der Waals surface area contributed by atoms with Gasteiger partial charge in [-0.05, 0) is 35.8 Å². The van der Waals surface area contributed by atoms with Crippen LogP contribution in [0.3, 0.4) is 0 Å². The lowest BCUT2D eigenvalue weighted by Gasteiger charge is -2.56. The van der Waals surface area contributed by atoms with E-state index in [1.54, 1.807) is 5.57 Å². The fourth-order valence-corrected chi connectivity index (χ4v) is 5.69. The van der Waals surface area contributed by atoms with E-state index in [1.165, 1.54) is 24.1 Å². The summed E-state index contributed by atoms with van der Waals surface area (Å²) in [6, 6.07) is 9.49. The summed E-state index contributed by atoms with van der Waals surface area (Å²) in [4.78, 5) is 0. The van der Waals surface area contributed by atoms with Gasteiger partial charge in [0.2, 0.25) is 0 Å². The van der Waals surface area contributed by atoms with E-state index in [-0.39, 0.29) is 10.8 Å². The minimum Gasteiger partial charge on any atom is -0.380 e. The van der Waals surface area contributed by atoms with Crippen LogP contribution in [0.15, 0.2) is 35.9 Å². The largest absolute Gasteiger partial charge is 0.380 e. The summed E-state index contributed by atoms with van der Waals surface area (Å²) < 4.78 is 0. The predicted octanol–water partition coefficient (Wildman–Crippen LogP) is 5.36. The lowest BCUT2D eigenvalue weighted by molar-refractivity contribution is 0.126. The van der Waals surface area contributed by atoms with Gasteiger partial charge in [0, 0.05) is 22.6 Å². The molecule has 1 N–H and O–H groups in total. The highest BCUT2D eigenvalue weighted by Crippen LogP contribution is 2.68. The SMILES string of the molecule is CC1(C)CC[C@@H]2c3ccccc3N[C@H]3C(C)(C)C=C1[C@]23C. The normalized spacial score (nSPS) is 38.0. The molecule has 1 nitrogen and oxygen atoms in total. The summed E-state index contributed by atoms with van der Waals surface area (Å²) in [5.41, 5.74) is 5.42. The van der Waals surface area contributed by atoms with E-state index in [0.717, 1.165) is 0 Å². The molecule has 0 saturated heterocycles. The molecule has 112 valence electrons. The fourth-order valence-electron chi connectivity index (χ4n) is 5.69. The molecule has 1 fully saturated rings. The van der Waals surface area contributed by atoms with Gasteiger partial charge in [-0.2, -0.15) is 0 Å². The van der Waals surface area contributed by atoms with Gasteiger partial charge < -0.3 is 5.32 Å². The van der Waals surface area contributed by atoms with Crippen molar-refractivity contribution >= 4 is 5.69 Å². The molecule has 0 unspecified atom stereocenters. The molecule has 3 aliphatic rings. The van der Waals surface area contributed by atoms with Crippen molar-refractivity contribution in [2.45, 2.75) is 59.4 Å². The van der Waals surface area contributed by atoms with Crippen LogP contribution in [0.1, 0.15) is 58.9 Å². The van der Waals surface area contributed by atoms with E-state index in [4.69, 9.17) is 0 Å². The molecule has 21 heavy (non-hydrogen) atoms. The molecule has 0 spiro atoms. The maximum Gasteiger partial charge on any atom is 0.0443 e. The van der Waals surface area contributed by atoms with E-state index >= 15 is 0 Å². The van der Waals surface area contributed by atoms with Crippen molar-refractivity contribution in [3.8, 4) is 0 Å². The lowest BCUT2D eigenvalue weighted by Crippen LogP contribution is -2.53. The number of rotatable bonds is 0. The second-order valence-electron chi connectivity index (χ2n) is 8.80. The monoisotopic (exact) mass is 281 g/mol. The average Bonchev–Trinajstić information content (AvgIpc) is 2.62. The predicted molar refractivity (Wildman–Crippen MR) is 89.6 cm³/mol. The lowest BCUT2D eigenvalue weighted by atomic mass is 9.52. The Balaban J connectivity index is 1.96. The Kier molecular flexibility index (Phi) is 2.39. The van der Waals surface area contributed by atoms with Gasteiger partial charge in [-0.1, -0.05) is 64.5 Å². The van der Waals surface area contributed by atoms with E-state index in [1.807, 2.05) is 0 Å². The first-order chi connectivity index (χ1) is 9.77. The van der Waals surface area contributed by atoms with Crippen LogP contribution < -0.4 is 5.32 Å². The van der Waals surface area contributed by atoms with Crippen molar-refractivity contribution in [3.05, 3.63) is 41.5 Å². The Morgan fingerprint density at radius 2 is 1.76 bits per heavy atom. The highest BCUT2D eigenvalue weighted by Gasteiger charge is 2.61. The molecule has 0 aromatic heterocycles. The van der Waals surface area contributed by atoms with Crippen molar-refractivity contribution in [3.63, 3.8) is 0 Å². The van der Waals surface area contributed by atoms with Crippen molar-refractivity contribution in [1.82, 2.24) is 0 Å². The minimum atomic E-state index is 0.220. The van der Waals surface area contributed by atoms with Gasteiger partial charge in [0.25, 0.3) is 0 Å². The molecule has 1 saturated carbocycles. The zero-order valence-corrected chi connectivity index (χ0v) is 14.0. The smallest absolute Gasteiger partial charge is 0.0443 e. The van der Waals surface area contributed by atoms with E-state index in [9.17, 15) is 0 Å². The number of para-hydroxylation sites is 1. The van der Waals surface area contributed by atoms with E-state index < -0.39 is 0 Å². The van der Waals surface area contributed by atoms with Gasteiger partial charge in [0.1, 0.15) is 0 Å². The molecule has 0 bridgehead atoms. The Bertz CT molecular complexity index is 637. The quantitative estimate of drug-likeness (QED) is 0.631. The molecule has 2 aliphatic carbocycles. The second kappa shape index (κ2) is 3.74. The molecule has 3 atom stereocenters. The van der Waals surface area contributed by atoms with Crippen LogP contribution in [-0.4, -0.2) is 6.04 Å². The molecular formula is C20H27N. The summed E-state index contributed by atoms with van der Waals surface area (Å²) in [7, 11) is 0. The van der Waals surface area contributed by atoms with Crippen LogP contribution in [0.2, 0.25) is 0 Å². The van der Waals surface area contributed by atoms with Gasteiger partial charge in [0.15, 0.2) is 0 Å². The van der Waals surface area contributed by atoms with E-state index in [0.29, 0.717) is 17.4 Å². The highest BCUT2D eigenvalue weighted by atomic mass is 15.0. The fraction of sp³-hybridized carbons (Fsp3) is 0.600. The van der Waals surface area contributed by atoms with Gasteiger partial charge in [0.05, 0.1) is 0 Å². The van der Waals surface area contributed by atoms with Crippen molar-refractivity contribution in [2.24, 2.45) is 16.2 Å². The number of fused-ring (bicyclic) bond motifs is 2. The molecule has 1 aliphatic heterocycles. The Labute approximate surface area is 128 Å². The number of hydrogen-bond donors (Lipinski definition) is 1. The maximum atomic E-state index is 3.90. The van der Waals surface area contributed by atoms with Crippen molar-refractivity contribution in [1.29, 1.82) is 0 Å². The second-order valence-corrected chi connectivity index (χ2v) is 8.80. The van der Waals surface area contributed by atoms with Crippen LogP contribution in [0.5, 0.6) is 0 Å². The van der Waals surface area contributed by atoms with Gasteiger partial charge in [-0.3, -0.25) is 0 Å². The minimum absolute atomic E-state index is 0.220. The average molecular weight is 281 g/mol. The number of nitrogens with one attached hydrogen (secondary N) is 1. The summed E-state index contributed by atoms with van der Waals surface area (Å²) >= 11 is 0. The molecule has 1 heteroatoms. The third-order valence-electron chi connectivity index (χ3n) is 6.59. The van der Waals surface area contributed by atoms with Crippen LogP contribution in [0.4, 0.5) is 5.69 Å². The summed E-state index contributed by atoms with van der Waals surface area (Å²) in [6.07, 6.45) is 5.21. The van der Waals surface area contributed by atoms with Gasteiger partial charge >= 0.3 is 0 Å². The number of anilines is 1. The zero-order chi connectivity index (χ0) is 15.0. The Morgan fingerprint density at radius 1 is 1.05 bits per heavy atom. The third-order valence-corrected chi connectivity index (χ3v) is 6.59. The van der Waals surface area contributed by atoms with Gasteiger partial charge in [-0.25, -0.2) is 0 Å². The van der Waals surface area contributed by atoms with Gasteiger partial charge in [-0.15, -0.1) is 0 Å². The number of benzene rings is 1. The molecule has 0 radical (unpaired) electrons. The summed E-state index contributed by atoms with van der Waals surface area (Å²) in [6.45, 7) is 12.2. The molecule has 4 rings (SSSR count). The zero-order valence-electron chi connectivity index (χ0n) is 14.0. The van der Waals surface area contributed by atoms with E-state index in [2.05, 4.69) is 70.3 Å². The third kappa shape index (κ3) is 1.53.